The van der Waals surface area contributed by atoms with Crippen molar-refractivity contribution < 1.29 is 5.11 Å². The van der Waals surface area contributed by atoms with Crippen LogP contribution in [0.5, 0.6) is 0 Å². The zero-order chi connectivity index (χ0) is 10.1. The summed E-state index contributed by atoms with van der Waals surface area (Å²) in [6.07, 6.45) is 2.25. The van der Waals surface area contributed by atoms with Crippen LogP contribution in [0.15, 0.2) is 18.2 Å². The molecule has 4 heteroatoms. The smallest absolute Gasteiger partial charge is 0.0753 e. The quantitative estimate of drug-likeness (QED) is 0.373. The molecule has 0 radical (unpaired) electrons. The lowest BCUT2D eigenvalue weighted by atomic mass is 10.2. The standard InChI is InChI=1S/C10H15N3O/c11-9-4-1-7(6-14)5-10(9)13(12)8-2-3-8/h1,4-5,8,14H,2-3,6,11-12H2. The van der Waals surface area contributed by atoms with Crippen molar-refractivity contribution >= 4 is 11.4 Å². The average molecular weight is 193 g/mol. The van der Waals surface area contributed by atoms with E-state index >= 15 is 0 Å². The molecule has 5 N–H and O–H groups in total. The molecule has 4 nitrogen and oxygen atoms in total. The third-order valence-electron chi connectivity index (χ3n) is 2.50. The minimum absolute atomic E-state index is 0.0196. The maximum absolute atomic E-state index is 8.99. The molecule has 2 rings (SSSR count). The predicted octanol–water partition coefficient (Wildman–Crippen LogP) is 0.604. The first kappa shape index (κ1) is 9.30. The van der Waals surface area contributed by atoms with Gasteiger partial charge < -0.3 is 15.8 Å². The molecule has 1 aromatic rings. The summed E-state index contributed by atoms with van der Waals surface area (Å²) < 4.78 is 0. The lowest BCUT2D eigenvalue weighted by Crippen LogP contribution is -2.33. The van der Waals surface area contributed by atoms with Crippen molar-refractivity contribution in [2.45, 2.75) is 25.5 Å². The van der Waals surface area contributed by atoms with E-state index < -0.39 is 0 Å². The molecular weight excluding hydrogens is 178 g/mol. The number of hydrogen-bond donors (Lipinski definition) is 3. The van der Waals surface area contributed by atoms with Crippen molar-refractivity contribution in [2.24, 2.45) is 5.84 Å². The number of hydrogen-bond acceptors (Lipinski definition) is 4. The van der Waals surface area contributed by atoms with Crippen molar-refractivity contribution in [2.75, 3.05) is 10.7 Å². The Labute approximate surface area is 83.1 Å². The van der Waals surface area contributed by atoms with Crippen LogP contribution < -0.4 is 16.6 Å². The molecule has 0 bridgehead atoms. The van der Waals surface area contributed by atoms with Crippen LogP contribution in [0.3, 0.4) is 0 Å². The molecule has 0 heterocycles. The highest BCUT2D eigenvalue weighted by Crippen LogP contribution is 2.32. The second-order valence-electron chi connectivity index (χ2n) is 3.69. The van der Waals surface area contributed by atoms with Gasteiger partial charge in [0.15, 0.2) is 0 Å². The van der Waals surface area contributed by atoms with E-state index in [1.165, 1.54) is 0 Å². The normalized spacial score (nSPS) is 15.6. The topological polar surface area (TPSA) is 75.5 Å². The number of benzene rings is 1. The van der Waals surface area contributed by atoms with Crippen LogP contribution in [-0.4, -0.2) is 11.1 Å². The summed E-state index contributed by atoms with van der Waals surface area (Å²) in [6.45, 7) is 0.0196. The van der Waals surface area contributed by atoms with Crippen molar-refractivity contribution in [3.8, 4) is 0 Å². The van der Waals surface area contributed by atoms with Gasteiger partial charge in [0.05, 0.1) is 18.0 Å². The van der Waals surface area contributed by atoms with E-state index in [0.717, 1.165) is 24.1 Å². The Kier molecular flexibility index (Phi) is 2.31. The fourth-order valence-electron chi connectivity index (χ4n) is 1.46. The number of nitrogen functional groups attached to an aromatic ring is 1. The third kappa shape index (κ3) is 1.66. The van der Waals surface area contributed by atoms with Crippen LogP contribution in [0.25, 0.3) is 0 Å². The maximum atomic E-state index is 8.99. The van der Waals surface area contributed by atoms with Crippen LogP contribution in [0.1, 0.15) is 18.4 Å². The van der Waals surface area contributed by atoms with Crippen LogP contribution in [0.2, 0.25) is 0 Å². The summed E-state index contributed by atoms with van der Waals surface area (Å²) in [5.41, 5.74) is 8.13. The van der Waals surface area contributed by atoms with E-state index in [1.807, 2.05) is 6.07 Å². The molecule has 76 valence electrons. The molecule has 0 amide bonds. The number of anilines is 2. The van der Waals surface area contributed by atoms with Crippen LogP contribution in [-0.2, 0) is 6.61 Å². The molecule has 1 aliphatic rings. The number of hydrazine groups is 1. The Morgan fingerprint density at radius 3 is 2.71 bits per heavy atom. The van der Waals surface area contributed by atoms with Gasteiger partial charge >= 0.3 is 0 Å². The van der Waals surface area contributed by atoms with Crippen LogP contribution in [0.4, 0.5) is 11.4 Å². The second-order valence-corrected chi connectivity index (χ2v) is 3.69. The summed E-state index contributed by atoms with van der Waals surface area (Å²) in [5.74, 6) is 5.90. The van der Waals surface area contributed by atoms with Crippen molar-refractivity contribution in [3.05, 3.63) is 23.8 Å². The second kappa shape index (κ2) is 3.48. The van der Waals surface area contributed by atoms with Crippen molar-refractivity contribution in [1.29, 1.82) is 0 Å². The molecule has 0 aliphatic heterocycles. The monoisotopic (exact) mass is 193 g/mol. The number of nitrogens with two attached hydrogens (primary N) is 2. The van der Waals surface area contributed by atoms with Gasteiger partial charge in [-0.2, -0.15) is 0 Å². The van der Waals surface area contributed by atoms with Gasteiger partial charge in [-0.3, -0.25) is 0 Å². The summed E-state index contributed by atoms with van der Waals surface area (Å²) in [7, 11) is 0. The number of nitrogens with zero attached hydrogens (tertiary/aromatic N) is 1. The number of rotatable bonds is 3. The van der Waals surface area contributed by atoms with Gasteiger partial charge in [-0.1, -0.05) is 6.07 Å². The molecule has 1 aliphatic carbocycles. The lowest BCUT2D eigenvalue weighted by Gasteiger charge is -2.20. The highest BCUT2D eigenvalue weighted by Gasteiger charge is 2.28. The predicted molar refractivity (Wildman–Crippen MR) is 56.5 cm³/mol. The highest BCUT2D eigenvalue weighted by atomic mass is 16.3. The number of aliphatic hydroxyl groups excluding tert-OH is 1. The Morgan fingerprint density at radius 2 is 2.14 bits per heavy atom. The van der Waals surface area contributed by atoms with Crippen molar-refractivity contribution in [3.63, 3.8) is 0 Å². The molecule has 0 spiro atoms. The zero-order valence-corrected chi connectivity index (χ0v) is 7.98. The summed E-state index contributed by atoms with van der Waals surface area (Å²) in [5, 5.41) is 10.7. The third-order valence-corrected chi connectivity index (χ3v) is 2.50. The summed E-state index contributed by atoms with van der Waals surface area (Å²) in [6, 6.07) is 5.85. The van der Waals surface area contributed by atoms with Gasteiger partial charge in [0.25, 0.3) is 0 Å². The molecule has 0 aromatic heterocycles. The first-order chi connectivity index (χ1) is 6.72. The molecule has 14 heavy (non-hydrogen) atoms. The zero-order valence-electron chi connectivity index (χ0n) is 7.98. The molecule has 0 atom stereocenters. The van der Waals surface area contributed by atoms with Gasteiger partial charge in [0.2, 0.25) is 0 Å². The van der Waals surface area contributed by atoms with E-state index in [9.17, 15) is 0 Å². The maximum Gasteiger partial charge on any atom is 0.0753 e. The molecular formula is C10H15N3O. The Bertz CT molecular complexity index is 336. The van der Waals surface area contributed by atoms with E-state index in [0.29, 0.717) is 11.7 Å². The minimum Gasteiger partial charge on any atom is -0.397 e. The van der Waals surface area contributed by atoms with Gasteiger partial charge in [-0.15, -0.1) is 0 Å². The summed E-state index contributed by atoms with van der Waals surface area (Å²) >= 11 is 0. The molecule has 0 unspecified atom stereocenters. The largest absolute Gasteiger partial charge is 0.397 e. The Balaban J connectivity index is 2.29. The average Bonchev–Trinajstić information content (AvgIpc) is 3.01. The molecule has 1 saturated carbocycles. The Morgan fingerprint density at radius 1 is 1.43 bits per heavy atom. The van der Waals surface area contributed by atoms with Gasteiger partial charge in [0.1, 0.15) is 0 Å². The first-order valence-corrected chi connectivity index (χ1v) is 4.75. The SMILES string of the molecule is Nc1ccc(CO)cc1N(N)C1CC1. The van der Waals surface area contributed by atoms with E-state index in [-0.39, 0.29) is 6.61 Å². The molecule has 1 aromatic carbocycles. The highest BCUT2D eigenvalue weighted by molar-refractivity contribution is 5.68. The lowest BCUT2D eigenvalue weighted by molar-refractivity contribution is 0.282. The van der Waals surface area contributed by atoms with Gasteiger partial charge in [-0.05, 0) is 30.5 Å². The Hall–Kier alpha value is -1.26. The molecule has 0 saturated heterocycles. The molecule has 1 fully saturated rings. The van der Waals surface area contributed by atoms with Crippen LogP contribution >= 0.6 is 0 Å². The van der Waals surface area contributed by atoms with Gasteiger partial charge in [-0.25, -0.2) is 5.84 Å². The minimum atomic E-state index is 0.0196. The van der Waals surface area contributed by atoms with E-state index in [4.69, 9.17) is 16.7 Å². The fraction of sp³-hybridized carbons (Fsp3) is 0.400. The summed E-state index contributed by atoms with van der Waals surface area (Å²) in [4.78, 5) is 0. The van der Waals surface area contributed by atoms with Crippen molar-refractivity contribution in [1.82, 2.24) is 0 Å². The number of aliphatic hydroxyl groups is 1. The van der Waals surface area contributed by atoms with E-state index in [2.05, 4.69) is 0 Å². The fourth-order valence-corrected chi connectivity index (χ4v) is 1.46. The first-order valence-electron chi connectivity index (χ1n) is 4.75. The van der Waals surface area contributed by atoms with Gasteiger partial charge in [0, 0.05) is 6.04 Å². The van der Waals surface area contributed by atoms with Crippen LogP contribution in [0, 0.1) is 0 Å². The van der Waals surface area contributed by atoms with E-state index in [1.54, 1.807) is 17.1 Å².